The molecule has 0 aromatic rings. The van der Waals surface area contributed by atoms with E-state index in [1.807, 2.05) is 11.8 Å². The first-order valence-corrected chi connectivity index (χ1v) is 7.21. The van der Waals surface area contributed by atoms with Crippen LogP contribution in [0.2, 0.25) is 0 Å². The lowest BCUT2D eigenvalue weighted by molar-refractivity contribution is -0.138. The van der Waals surface area contributed by atoms with Crippen molar-refractivity contribution in [1.29, 1.82) is 0 Å². The van der Waals surface area contributed by atoms with Crippen LogP contribution in [0.5, 0.6) is 0 Å². The van der Waals surface area contributed by atoms with E-state index in [1.165, 1.54) is 12.8 Å². The van der Waals surface area contributed by atoms with Crippen molar-refractivity contribution in [2.75, 3.05) is 19.6 Å². The Bertz CT molecular complexity index is 304. The number of piperidine rings is 2. The molecule has 2 aliphatic rings. The van der Waals surface area contributed by atoms with Crippen LogP contribution in [0.1, 0.15) is 46.0 Å². The molecule has 2 aliphatic heterocycles. The number of rotatable bonds is 2. The van der Waals surface area contributed by atoms with Crippen LogP contribution in [0.3, 0.4) is 0 Å². The van der Waals surface area contributed by atoms with Gasteiger partial charge in [-0.2, -0.15) is 0 Å². The van der Waals surface area contributed by atoms with E-state index in [2.05, 4.69) is 12.2 Å². The lowest BCUT2D eigenvalue weighted by atomic mass is 9.89. The number of hydrogen-bond donors (Lipinski definition) is 2. The minimum Gasteiger partial charge on any atom is -0.388 e. The van der Waals surface area contributed by atoms with Gasteiger partial charge in [0.05, 0.1) is 5.60 Å². The number of nitrogens with one attached hydrogen (secondary N) is 1. The molecule has 1 amide bonds. The molecule has 0 aromatic heterocycles. The van der Waals surface area contributed by atoms with Crippen molar-refractivity contribution in [1.82, 2.24) is 10.2 Å². The molecular weight excluding hydrogens is 228 g/mol. The number of nitrogens with zero attached hydrogens (tertiary/aromatic N) is 1. The monoisotopic (exact) mass is 254 g/mol. The van der Waals surface area contributed by atoms with Gasteiger partial charge in [0.1, 0.15) is 0 Å². The molecule has 3 atom stereocenters. The zero-order valence-electron chi connectivity index (χ0n) is 11.6. The first-order valence-electron chi connectivity index (χ1n) is 7.21. The van der Waals surface area contributed by atoms with Gasteiger partial charge in [0.2, 0.25) is 5.91 Å². The van der Waals surface area contributed by atoms with Crippen molar-refractivity contribution < 1.29 is 9.90 Å². The fraction of sp³-hybridized carbons (Fsp3) is 0.929. The second-order valence-corrected chi connectivity index (χ2v) is 6.30. The molecule has 0 aliphatic carbocycles. The van der Waals surface area contributed by atoms with E-state index in [4.69, 9.17) is 0 Å². The first kappa shape index (κ1) is 13.8. The normalized spacial score (nSPS) is 37.6. The van der Waals surface area contributed by atoms with Gasteiger partial charge in [-0.3, -0.25) is 4.79 Å². The molecule has 4 heteroatoms. The second kappa shape index (κ2) is 5.57. The van der Waals surface area contributed by atoms with E-state index >= 15 is 0 Å². The van der Waals surface area contributed by atoms with Gasteiger partial charge in [-0.05, 0) is 45.1 Å². The Labute approximate surface area is 110 Å². The molecule has 3 unspecified atom stereocenters. The number of carbonyl (C=O) groups excluding carboxylic acids is 1. The highest BCUT2D eigenvalue weighted by molar-refractivity contribution is 5.77. The van der Waals surface area contributed by atoms with Crippen LogP contribution < -0.4 is 5.32 Å². The Morgan fingerprint density at radius 2 is 2.28 bits per heavy atom. The zero-order chi connectivity index (χ0) is 13.2. The Morgan fingerprint density at radius 1 is 1.50 bits per heavy atom. The van der Waals surface area contributed by atoms with Gasteiger partial charge in [-0.25, -0.2) is 0 Å². The topological polar surface area (TPSA) is 52.6 Å². The molecule has 2 N–H and O–H groups in total. The average molecular weight is 254 g/mol. The summed E-state index contributed by atoms with van der Waals surface area (Å²) in [6, 6.07) is 0.318. The number of aliphatic hydroxyl groups is 1. The largest absolute Gasteiger partial charge is 0.388 e. The van der Waals surface area contributed by atoms with E-state index < -0.39 is 5.60 Å². The Kier molecular flexibility index (Phi) is 4.28. The predicted octanol–water partition coefficient (Wildman–Crippen LogP) is 1.14. The number of β-amino-alcohol motifs (C(OH)–C–C–N with tert-alkyl or cyclic N) is 1. The molecule has 2 rings (SSSR count). The average Bonchev–Trinajstić information content (AvgIpc) is 2.31. The van der Waals surface area contributed by atoms with E-state index in [0.29, 0.717) is 24.9 Å². The van der Waals surface area contributed by atoms with Gasteiger partial charge < -0.3 is 15.3 Å². The first-order chi connectivity index (χ1) is 8.48. The molecule has 0 bridgehead atoms. The summed E-state index contributed by atoms with van der Waals surface area (Å²) < 4.78 is 0. The lowest BCUT2D eigenvalue weighted by Gasteiger charge is -2.38. The van der Waals surface area contributed by atoms with Crippen LogP contribution in [-0.4, -0.2) is 47.2 Å². The SMILES string of the molecule is CC1CCCNC1CC(=O)N1CCCC(C)(O)C1. The third-order valence-corrected chi connectivity index (χ3v) is 4.35. The summed E-state index contributed by atoms with van der Waals surface area (Å²) in [4.78, 5) is 14.1. The van der Waals surface area contributed by atoms with Crippen molar-refractivity contribution >= 4 is 5.91 Å². The number of carbonyl (C=O) groups is 1. The summed E-state index contributed by atoms with van der Waals surface area (Å²) in [7, 11) is 0. The Morgan fingerprint density at radius 3 is 2.94 bits per heavy atom. The van der Waals surface area contributed by atoms with E-state index in [-0.39, 0.29) is 5.91 Å². The number of hydrogen-bond acceptors (Lipinski definition) is 3. The molecule has 0 aromatic carbocycles. The van der Waals surface area contributed by atoms with Crippen molar-refractivity contribution in [3.05, 3.63) is 0 Å². The maximum Gasteiger partial charge on any atom is 0.224 e. The summed E-state index contributed by atoms with van der Waals surface area (Å²) in [5.74, 6) is 0.772. The molecule has 2 fully saturated rings. The summed E-state index contributed by atoms with van der Waals surface area (Å²) in [5, 5.41) is 13.5. The fourth-order valence-corrected chi connectivity index (χ4v) is 3.14. The Balaban J connectivity index is 1.87. The standard InChI is InChI=1S/C14H26N2O2/c1-11-5-3-7-15-12(11)9-13(17)16-8-4-6-14(2,18)10-16/h11-12,15,18H,3-10H2,1-2H3. The van der Waals surface area contributed by atoms with Crippen molar-refractivity contribution in [3.63, 3.8) is 0 Å². The molecule has 2 heterocycles. The molecule has 104 valence electrons. The fourth-order valence-electron chi connectivity index (χ4n) is 3.14. The van der Waals surface area contributed by atoms with E-state index in [0.717, 1.165) is 25.9 Å². The number of likely N-dealkylation sites (tertiary alicyclic amines) is 1. The van der Waals surface area contributed by atoms with Crippen molar-refractivity contribution in [2.24, 2.45) is 5.92 Å². The maximum absolute atomic E-state index is 12.3. The molecule has 0 radical (unpaired) electrons. The van der Waals surface area contributed by atoms with Crippen LogP contribution in [0.4, 0.5) is 0 Å². The molecule has 2 saturated heterocycles. The Hall–Kier alpha value is -0.610. The minimum atomic E-state index is -0.695. The van der Waals surface area contributed by atoms with Gasteiger partial charge in [0, 0.05) is 25.6 Å². The highest BCUT2D eigenvalue weighted by Gasteiger charge is 2.32. The minimum absolute atomic E-state index is 0.196. The smallest absolute Gasteiger partial charge is 0.224 e. The predicted molar refractivity (Wildman–Crippen MR) is 71.2 cm³/mol. The molecular formula is C14H26N2O2. The third kappa shape index (κ3) is 3.45. The van der Waals surface area contributed by atoms with Gasteiger partial charge in [0.25, 0.3) is 0 Å². The maximum atomic E-state index is 12.3. The molecule has 0 saturated carbocycles. The number of amides is 1. The van der Waals surface area contributed by atoms with Gasteiger partial charge in [-0.1, -0.05) is 6.92 Å². The van der Waals surface area contributed by atoms with Crippen molar-refractivity contribution in [2.45, 2.75) is 57.6 Å². The quantitative estimate of drug-likeness (QED) is 0.777. The summed E-state index contributed by atoms with van der Waals surface area (Å²) in [6.07, 6.45) is 4.71. The molecule has 0 spiro atoms. The molecule has 18 heavy (non-hydrogen) atoms. The highest BCUT2D eigenvalue weighted by Crippen LogP contribution is 2.23. The van der Waals surface area contributed by atoms with Crippen LogP contribution in [0.25, 0.3) is 0 Å². The third-order valence-electron chi connectivity index (χ3n) is 4.35. The summed E-state index contributed by atoms with van der Waals surface area (Å²) in [5.41, 5.74) is -0.695. The zero-order valence-corrected chi connectivity index (χ0v) is 11.6. The summed E-state index contributed by atoms with van der Waals surface area (Å²) in [6.45, 7) is 6.37. The van der Waals surface area contributed by atoms with Gasteiger partial charge in [0.15, 0.2) is 0 Å². The van der Waals surface area contributed by atoms with Gasteiger partial charge in [-0.15, -0.1) is 0 Å². The second-order valence-electron chi connectivity index (χ2n) is 6.30. The molecule has 4 nitrogen and oxygen atoms in total. The van der Waals surface area contributed by atoms with E-state index in [1.54, 1.807) is 0 Å². The van der Waals surface area contributed by atoms with E-state index in [9.17, 15) is 9.90 Å². The van der Waals surface area contributed by atoms with Gasteiger partial charge >= 0.3 is 0 Å². The van der Waals surface area contributed by atoms with Crippen LogP contribution in [-0.2, 0) is 4.79 Å². The van der Waals surface area contributed by atoms with Crippen molar-refractivity contribution in [3.8, 4) is 0 Å². The van der Waals surface area contributed by atoms with Crippen LogP contribution in [0, 0.1) is 5.92 Å². The van der Waals surface area contributed by atoms with Crippen LogP contribution >= 0.6 is 0 Å². The van der Waals surface area contributed by atoms with Crippen LogP contribution in [0.15, 0.2) is 0 Å². The highest BCUT2D eigenvalue weighted by atomic mass is 16.3. The summed E-state index contributed by atoms with van der Waals surface area (Å²) >= 11 is 0. The lowest BCUT2D eigenvalue weighted by Crippen LogP contribution is -2.51.